The fraction of sp³-hybridized carbons (Fsp3) is 0.481. The second-order valence-corrected chi connectivity index (χ2v) is 10.4. The van der Waals surface area contributed by atoms with Gasteiger partial charge in [-0.1, -0.05) is 12.1 Å². The highest BCUT2D eigenvalue weighted by molar-refractivity contribution is 6.01. The van der Waals surface area contributed by atoms with Crippen molar-refractivity contribution >= 4 is 17.5 Å². The van der Waals surface area contributed by atoms with Crippen LogP contribution in [-0.2, 0) is 11.3 Å². The first kappa shape index (κ1) is 26.0. The molecule has 2 heterocycles. The van der Waals surface area contributed by atoms with E-state index in [0.717, 1.165) is 52.9 Å². The molecule has 8 nitrogen and oxygen atoms in total. The van der Waals surface area contributed by atoms with Gasteiger partial charge in [0.25, 0.3) is 5.91 Å². The minimum absolute atomic E-state index is 0.00704. The fourth-order valence-corrected chi connectivity index (χ4v) is 5.30. The molecule has 38 heavy (non-hydrogen) atoms. The van der Waals surface area contributed by atoms with E-state index < -0.39 is 31.1 Å². The van der Waals surface area contributed by atoms with E-state index in [0.29, 0.717) is 17.5 Å². The number of carbonyl (C=O) groups excluding carboxylic acids is 2. The number of aromatic amines is 1. The van der Waals surface area contributed by atoms with E-state index in [1.807, 2.05) is 38.1 Å². The normalized spacial score (nSPS) is 16.5. The van der Waals surface area contributed by atoms with Gasteiger partial charge in [0.15, 0.2) is 0 Å². The molecule has 2 aliphatic carbocycles. The Labute approximate surface area is 218 Å². The molecule has 0 saturated heterocycles. The predicted octanol–water partition coefficient (Wildman–Crippen LogP) is 5.02. The molecule has 0 aliphatic heterocycles. The Balaban J connectivity index is 1.33. The Hall–Kier alpha value is -3.63. The zero-order valence-corrected chi connectivity index (χ0v) is 21.3. The maximum absolute atomic E-state index is 13.6. The third-order valence-corrected chi connectivity index (χ3v) is 7.41. The highest BCUT2D eigenvalue weighted by Crippen LogP contribution is 2.51. The van der Waals surface area contributed by atoms with E-state index in [2.05, 4.69) is 25.9 Å². The van der Waals surface area contributed by atoms with Crippen molar-refractivity contribution in [2.45, 2.75) is 64.7 Å². The number of aromatic nitrogens is 4. The van der Waals surface area contributed by atoms with Crippen molar-refractivity contribution in [3.8, 4) is 11.1 Å². The van der Waals surface area contributed by atoms with Crippen LogP contribution in [0.25, 0.3) is 11.1 Å². The van der Waals surface area contributed by atoms with E-state index in [-0.39, 0.29) is 17.5 Å². The van der Waals surface area contributed by atoms with Gasteiger partial charge in [0.2, 0.25) is 5.91 Å². The van der Waals surface area contributed by atoms with Crippen LogP contribution >= 0.6 is 0 Å². The van der Waals surface area contributed by atoms with Crippen LogP contribution < -0.4 is 10.6 Å². The third-order valence-electron chi connectivity index (χ3n) is 7.41. The number of aryl methyl sites for hydroxylation is 3. The topological polar surface area (TPSA) is 105 Å². The van der Waals surface area contributed by atoms with Crippen LogP contribution in [0, 0.1) is 31.6 Å². The summed E-state index contributed by atoms with van der Waals surface area (Å²) in [4.78, 5) is 26.8. The van der Waals surface area contributed by atoms with Gasteiger partial charge in [0.05, 0.1) is 18.7 Å². The molecular weight excluding hydrogens is 497 g/mol. The summed E-state index contributed by atoms with van der Waals surface area (Å²) in [5.74, 6) is -0.239. The molecule has 202 valence electrons. The predicted molar refractivity (Wildman–Crippen MR) is 135 cm³/mol. The molecule has 1 atom stereocenters. The van der Waals surface area contributed by atoms with Gasteiger partial charge in [-0.05, 0) is 81.0 Å². The minimum atomic E-state index is -4.37. The Morgan fingerprint density at radius 3 is 2.29 bits per heavy atom. The number of nitrogens with zero attached hydrogens (tertiary/aromatic N) is 3. The Bertz CT molecular complexity index is 1270. The number of benzene rings is 1. The van der Waals surface area contributed by atoms with E-state index in [1.165, 1.54) is 12.3 Å². The maximum atomic E-state index is 13.6. The van der Waals surface area contributed by atoms with E-state index >= 15 is 0 Å². The van der Waals surface area contributed by atoms with Crippen LogP contribution in [0.1, 0.15) is 54.0 Å². The molecule has 1 aromatic carbocycles. The molecular formula is C27H31F3N6O2. The number of H-pyrrole nitrogens is 1. The molecule has 2 aromatic heterocycles. The van der Waals surface area contributed by atoms with E-state index in [4.69, 9.17) is 0 Å². The molecule has 0 spiro atoms. The SMILES string of the molecule is Cc1n[nH]c(C)c1-c1ccc(NC(=O)[C@@H](NC(=O)c2ccnn2CCC(F)(F)F)C(C2CC2)C2CC2)cc1. The zero-order valence-electron chi connectivity index (χ0n) is 21.3. The smallest absolute Gasteiger partial charge is 0.339 e. The van der Waals surface area contributed by atoms with Crippen molar-refractivity contribution in [3.05, 3.63) is 53.6 Å². The molecule has 2 amide bonds. The first-order valence-corrected chi connectivity index (χ1v) is 12.9. The highest BCUT2D eigenvalue weighted by Gasteiger charge is 2.48. The van der Waals surface area contributed by atoms with Gasteiger partial charge in [0.1, 0.15) is 11.7 Å². The number of anilines is 1. The van der Waals surface area contributed by atoms with E-state index in [1.54, 1.807) is 0 Å². The lowest BCUT2D eigenvalue weighted by Crippen LogP contribution is -2.50. The molecule has 3 N–H and O–H groups in total. The largest absolute Gasteiger partial charge is 0.390 e. The molecule has 2 aliphatic rings. The summed E-state index contributed by atoms with van der Waals surface area (Å²) in [7, 11) is 0. The maximum Gasteiger partial charge on any atom is 0.390 e. The zero-order chi connectivity index (χ0) is 27.0. The molecule has 0 radical (unpaired) electrons. The number of amides is 2. The molecule has 2 fully saturated rings. The summed E-state index contributed by atoms with van der Waals surface area (Å²) in [5, 5.41) is 16.9. The number of rotatable bonds is 10. The number of nitrogens with one attached hydrogen (secondary N) is 3. The fourth-order valence-electron chi connectivity index (χ4n) is 5.30. The first-order valence-electron chi connectivity index (χ1n) is 12.9. The van der Waals surface area contributed by atoms with Gasteiger partial charge in [-0.15, -0.1) is 0 Å². The second kappa shape index (κ2) is 10.3. The monoisotopic (exact) mass is 528 g/mol. The molecule has 5 rings (SSSR count). The van der Waals surface area contributed by atoms with Gasteiger partial charge in [-0.25, -0.2) is 0 Å². The summed E-state index contributed by atoms with van der Waals surface area (Å²) < 4.78 is 39.3. The van der Waals surface area contributed by atoms with Crippen LogP contribution in [0.4, 0.5) is 18.9 Å². The Kier molecular flexibility index (Phi) is 7.02. The second-order valence-electron chi connectivity index (χ2n) is 10.4. The van der Waals surface area contributed by atoms with Gasteiger partial charge >= 0.3 is 6.18 Å². The van der Waals surface area contributed by atoms with Crippen molar-refractivity contribution in [3.63, 3.8) is 0 Å². The standard InChI is InChI=1S/C27H31F3N6O2/c1-15-22(16(2)35-34-15)17-7-9-20(10-8-17)32-26(38)24(23(18-3-4-18)19-5-6-19)33-25(37)21-11-13-31-36(21)14-12-27(28,29)30/h7-11,13,18-19,23-24H,3-6,12,14H2,1-2H3,(H,32,38)(H,33,37)(H,34,35)/t24-/m0/s1. The Morgan fingerprint density at radius 2 is 1.74 bits per heavy atom. The lowest BCUT2D eigenvalue weighted by Gasteiger charge is -2.27. The average molecular weight is 529 g/mol. The van der Waals surface area contributed by atoms with Crippen LogP contribution in [0.5, 0.6) is 0 Å². The third kappa shape index (κ3) is 5.92. The summed E-state index contributed by atoms with van der Waals surface area (Å²) in [6.07, 6.45) is -0.157. The van der Waals surface area contributed by atoms with Gasteiger partial charge in [-0.3, -0.25) is 19.4 Å². The van der Waals surface area contributed by atoms with Crippen molar-refractivity contribution in [1.82, 2.24) is 25.3 Å². The van der Waals surface area contributed by atoms with Gasteiger partial charge in [0, 0.05) is 23.1 Å². The molecule has 0 bridgehead atoms. The highest BCUT2D eigenvalue weighted by atomic mass is 19.4. The summed E-state index contributed by atoms with van der Waals surface area (Å²) in [6.45, 7) is 3.41. The van der Waals surface area contributed by atoms with Crippen LogP contribution in [0.3, 0.4) is 0 Å². The van der Waals surface area contributed by atoms with Crippen LogP contribution in [-0.4, -0.2) is 44.0 Å². The molecule has 11 heteroatoms. The molecule has 3 aromatic rings. The van der Waals surface area contributed by atoms with E-state index in [9.17, 15) is 22.8 Å². The molecule has 0 unspecified atom stereocenters. The quantitative estimate of drug-likeness (QED) is 0.344. The van der Waals surface area contributed by atoms with Crippen molar-refractivity contribution in [2.24, 2.45) is 17.8 Å². The van der Waals surface area contributed by atoms with Crippen LogP contribution in [0.2, 0.25) is 0 Å². The van der Waals surface area contributed by atoms with Crippen molar-refractivity contribution in [1.29, 1.82) is 0 Å². The van der Waals surface area contributed by atoms with Crippen LogP contribution in [0.15, 0.2) is 36.5 Å². The number of hydrogen-bond donors (Lipinski definition) is 3. The minimum Gasteiger partial charge on any atom is -0.339 e. The summed E-state index contributed by atoms with van der Waals surface area (Å²) >= 11 is 0. The summed E-state index contributed by atoms with van der Waals surface area (Å²) in [6, 6.07) is 8.02. The summed E-state index contributed by atoms with van der Waals surface area (Å²) in [5.41, 5.74) is 4.42. The lowest BCUT2D eigenvalue weighted by atomic mass is 9.88. The Morgan fingerprint density at radius 1 is 1.08 bits per heavy atom. The van der Waals surface area contributed by atoms with Crippen molar-refractivity contribution in [2.75, 3.05) is 5.32 Å². The first-order chi connectivity index (χ1) is 18.1. The number of carbonyl (C=O) groups is 2. The number of alkyl halides is 3. The van der Waals surface area contributed by atoms with Gasteiger partial charge < -0.3 is 10.6 Å². The average Bonchev–Trinajstić information content (AvgIpc) is 3.80. The van der Waals surface area contributed by atoms with Gasteiger partial charge in [-0.2, -0.15) is 23.4 Å². The molecule has 2 saturated carbocycles. The number of hydrogen-bond acceptors (Lipinski definition) is 4. The number of halogens is 3. The van der Waals surface area contributed by atoms with Crippen molar-refractivity contribution < 1.29 is 22.8 Å². The lowest BCUT2D eigenvalue weighted by molar-refractivity contribution is -0.137.